The summed E-state index contributed by atoms with van der Waals surface area (Å²) in [6, 6.07) is 0. The van der Waals surface area contributed by atoms with Gasteiger partial charge in [-0.15, -0.1) is 24.0 Å². The molecule has 0 aromatic carbocycles. The predicted octanol–water partition coefficient (Wildman–Crippen LogP) is 3.88. The van der Waals surface area contributed by atoms with E-state index < -0.39 is 0 Å². The molecule has 1 aliphatic carbocycles. The largest absolute Gasteiger partial charge is 0.356 e. The lowest BCUT2D eigenvalue weighted by Gasteiger charge is -2.21. The van der Waals surface area contributed by atoms with Gasteiger partial charge in [-0.2, -0.15) is 4.98 Å². The van der Waals surface area contributed by atoms with Gasteiger partial charge >= 0.3 is 0 Å². The zero-order valence-corrected chi connectivity index (χ0v) is 18.2. The van der Waals surface area contributed by atoms with Gasteiger partial charge in [0.05, 0.1) is 0 Å². The maximum Gasteiger partial charge on any atom is 0.228 e. The van der Waals surface area contributed by atoms with Gasteiger partial charge in [0.15, 0.2) is 11.8 Å². The predicted molar refractivity (Wildman–Crippen MR) is 113 cm³/mol. The van der Waals surface area contributed by atoms with Gasteiger partial charge < -0.3 is 15.2 Å². The Morgan fingerprint density at radius 2 is 1.92 bits per heavy atom. The van der Waals surface area contributed by atoms with Crippen molar-refractivity contribution in [3.8, 4) is 0 Å². The first-order chi connectivity index (χ1) is 11.7. The molecule has 0 aliphatic heterocycles. The highest BCUT2D eigenvalue weighted by molar-refractivity contribution is 14.0. The van der Waals surface area contributed by atoms with Gasteiger partial charge in [0.25, 0.3) is 0 Å². The average molecular weight is 463 g/mol. The Hall–Kier alpha value is -0.860. The standard InChI is InChI=1S/C18H33N5O.HI/c1-14(2)17-22-16(24-23-17)11-13-21-18(19-3)20-12-7-10-15-8-5-4-6-9-15;/h14-15H,4-13H2,1-3H3,(H2,19,20,21);1H. The molecule has 0 saturated heterocycles. The number of nitrogens with zero attached hydrogens (tertiary/aromatic N) is 3. The molecule has 1 fully saturated rings. The zero-order valence-electron chi connectivity index (χ0n) is 15.9. The van der Waals surface area contributed by atoms with Crippen molar-refractivity contribution >= 4 is 29.9 Å². The van der Waals surface area contributed by atoms with Crippen molar-refractivity contribution in [2.24, 2.45) is 10.9 Å². The fourth-order valence-electron chi connectivity index (χ4n) is 3.19. The third-order valence-electron chi connectivity index (χ3n) is 4.66. The highest BCUT2D eigenvalue weighted by atomic mass is 127. The molecule has 1 aromatic heterocycles. The normalized spacial score (nSPS) is 15.9. The molecule has 2 rings (SSSR count). The van der Waals surface area contributed by atoms with Crippen LogP contribution >= 0.6 is 24.0 Å². The van der Waals surface area contributed by atoms with Gasteiger partial charge in [0, 0.05) is 32.5 Å². The number of guanidine groups is 1. The summed E-state index contributed by atoms with van der Waals surface area (Å²) < 4.78 is 5.25. The van der Waals surface area contributed by atoms with E-state index in [1.807, 2.05) is 0 Å². The molecule has 0 radical (unpaired) electrons. The highest BCUT2D eigenvalue weighted by Crippen LogP contribution is 2.26. The minimum atomic E-state index is 0. The zero-order chi connectivity index (χ0) is 17.2. The third-order valence-corrected chi connectivity index (χ3v) is 4.66. The number of aliphatic imine (C=N–C) groups is 1. The summed E-state index contributed by atoms with van der Waals surface area (Å²) in [5.41, 5.74) is 0. The van der Waals surface area contributed by atoms with Gasteiger partial charge in [-0.25, -0.2) is 0 Å². The summed E-state index contributed by atoms with van der Waals surface area (Å²) in [7, 11) is 1.81. The van der Waals surface area contributed by atoms with Crippen molar-refractivity contribution in [1.82, 2.24) is 20.8 Å². The quantitative estimate of drug-likeness (QED) is 0.265. The van der Waals surface area contributed by atoms with Gasteiger partial charge in [-0.3, -0.25) is 4.99 Å². The first-order valence-electron chi connectivity index (χ1n) is 9.46. The Bertz CT molecular complexity index is 497. The maximum atomic E-state index is 5.25. The number of hydrogen-bond acceptors (Lipinski definition) is 4. The van der Waals surface area contributed by atoms with E-state index in [9.17, 15) is 0 Å². The van der Waals surface area contributed by atoms with E-state index in [4.69, 9.17) is 4.52 Å². The molecule has 1 heterocycles. The Morgan fingerprint density at radius 1 is 1.20 bits per heavy atom. The maximum absolute atomic E-state index is 5.25. The van der Waals surface area contributed by atoms with Gasteiger partial charge in [0.2, 0.25) is 5.89 Å². The van der Waals surface area contributed by atoms with Crippen molar-refractivity contribution in [3.63, 3.8) is 0 Å². The molecule has 0 bridgehead atoms. The molecule has 1 aliphatic rings. The number of aromatic nitrogens is 2. The Kier molecular flexibility index (Phi) is 11.1. The van der Waals surface area contributed by atoms with Crippen LogP contribution in [0.2, 0.25) is 0 Å². The third kappa shape index (κ3) is 8.37. The van der Waals surface area contributed by atoms with Crippen LogP contribution in [0, 0.1) is 5.92 Å². The van der Waals surface area contributed by atoms with Crippen LogP contribution < -0.4 is 10.6 Å². The Labute approximate surface area is 169 Å². The molecule has 7 heteroatoms. The van der Waals surface area contributed by atoms with Crippen molar-refractivity contribution in [1.29, 1.82) is 0 Å². The Morgan fingerprint density at radius 3 is 2.56 bits per heavy atom. The highest BCUT2D eigenvalue weighted by Gasteiger charge is 2.13. The lowest BCUT2D eigenvalue weighted by atomic mass is 9.86. The fraction of sp³-hybridized carbons (Fsp3) is 0.833. The summed E-state index contributed by atoms with van der Waals surface area (Å²) in [5, 5.41) is 10.7. The van der Waals surface area contributed by atoms with Crippen LogP contribution in [-0.4, -0.2) is 36.2 Å². The van der Waals surface area contributed by atoms with Crippen LogP contribution in [0.5, 0.6) is 0 Å². The van der Waals surface area contributed by atoms with Crippen LogP contribution in [-0.2, 0) is 6.42 Å². The summed E-state index contributed by atoms with van der Waals surface area (Å²) in [6.45, 7) is 5.84. The van der Waals surface area contributed by atoms with Crippen molar-refractivity contribution in [2.75, 3.05) is 20.1 Å². The summed E-state index contributed by atoms with van der Waals surface area (Å²) in [6.07, 6.45) is 10.4. The van der Waals surface area contributed by atoms with Crippen LogP contribution in [0.1, 0.15) is 76.4 Å². The molecule has 2 N–H and O–H groups in total. The molecule has 0 amide bonds. The Balaban J connectivity index is 0.00000312. The van der Waals surface area contributed by atoms with E-state index in [0.717, 1.165) is 30.8 Å². The second-order valence-electron chi connectivity index (χ2n) is 7.02. The lowest BCUT2D eigenvalue weighted by molar-refractivity contribution is 0.332. The first-order valence-corrected chi connectivity index (χ1v) is 9.46. The van der Waals surface area contributed by atoms with Gasteiger partial charge in [0.1, 0.15) is 0 Å². The molecular formula is C18H34IN5O. The molecule has 0 atom stereocenters. The molecule has 25 heavy (non-hydrogen) atoms. The van der Waals surface area contributed by atoms with Crippen LogP contribution in [0.25, 0.3) is 0 Å². The number of rotatable bonds is 8. The summed E-state index contributed by atoms with van der Waals surface area (Å²) >= 11 is 0. The monoisotopic (exact) mass is 463 g/mol. The molecule has 0 unspecified atom stereocenters. The smallest absolute Gasteiger partial charge is 0.228 e. The second kappa shape index (κ2) is 12.5. The van der Waals surface area contributed by atoms with Crippen LogP contribution in [0.15, 0.2) is 9.52 Å². The second-order valence-corrected chi connectivity index (χ2v) is 7.02. The average Bonchev–Trinajstić information content (AvgIpc) is 3.07. The fourth-order valence-corrected chi connectivity index (χ4v) is 3.19. The van der Waals surface area contributed by atoms with Crippen molar-refractivity contribution in [2.45, 2.75) is 71.1 Å². The molecule has 144 valence electrons. The first kappa shape index (κ1) is 22.2. The number of hydrogen-bond donors (Lipinski definition) is 2. The van der Waals surface area contributed by atoms with E-state index in [1.54, 1.807) is 7.05 Å². The molecule has 0 spiro atoms. The molecule has 1 aromatic rings. The van der Waals surface area contributed by atoms with Crippen molar-refractivity contribution in [3.05, 3.63) is 11.7 Å². The van der Waals surface area contributed by atoms with E-state index >= 15 is 0 Å². The van der Waals surface area contributed by atoms with E-state index in [2.05, 4.69) is 39.6 Å². The molecule has 6 nitrogen and oxygen atoms in total. The van der Waals surface area contributed by atoms with Gasteiger partial charge in [-0.1, -0.05) is 51.1 Å². The number of halogens is 1. The minimum Gasteiger partial charge on any atom is -0.356 e. The number of nitrogens with one attached hydrogen (secondary N) is 2. The SMILES string of the molecule is CN=C(NCCCC1CCCCC1)NCCc1nc(C(C)C)no1.I. The van der Waals surface area contributed by atoms with E-state index in [0.29, 0.717) is 18.2 Å². The van der Waals surface area contributed by atoms with Crippen LogP contribution in [0.3, 0.4) is 0 Å². The summed E-state index contributed by atoms with van der Waals surface area (Å²) in [5.74, 6) is 3.55. The molecular weight excluding hydrogens is 429 g/mol. The topological polar surface area (TPSA) is 75.3 Å². The van der Waals surface area contributed by atoms with E-state index in [1.165, 1.54) is 44.9 Å². The lowest BCUT2D eigenvalue weighted by Crippen LogP contribution is -2.38. The van der Waals surface area contributed by atoms with Crippen LogP contribution in [0.4, 0.5) is 0 Å². The van der Waals surface area contributed by atoms with E-state index in [-0.39, 0.29) is 24.0 Å². The van der Waals surface area contributed by atoms with Crippen molar-refractivity contribution < 1.29 is 4.52 Å². The minimum absolute atomic E-state index is 0. The van der Waals surface area contributed by atoms with Gasteiger partial charge in [-0.05, 0) is 18.8 Å². The molecule has 1 saturated carbocycles. The summed E-state index contributed by atoms with van der Waals surface area (Å²) in [4.78, 5) is 8.65.